The highest BCUT2D eigenvalue weighted by Gasteiger charge is 2.33. The molecule has 2 atom stereocenters. The van der Waals surface area contributed by atoms with Crippen LogP contribution in [0.3, 0.4) is 0 Å². The summed E-state index contributed by atoms with van der Waals surface area (Å²) in [7, 11) is 0. The van der Waals surface area contributed by atoms with Gasteiger partial charge in [-0.3, -0.25) is 9.53 Å². The van der Waals surface area contributed by atoms with E-state index in [9.17, 15) is 36.2 Å². The van der Waals surface area contributed by atoms with Gasteiger partial charge in [0.05, 0.1) is 25.2 Å². The fraction of sp³-hybridized carbons (Fsp3) is 0.588. The van der Waals surface area contributed by atoms with Gasteiger partial charge in [0, 0.05) is 0 Å². The van der Waals surface area contributed by atoms with E-state index in [-0.39, 0.29) is 5.56 Å². The van der Waals surface area contributed by atoms with E-state index in [0.29, 0.717) is 0 Å². The maximum absolute atomic E-state index is 12.4. The second kappa shape index (κ2) is 8.99. The summed E-state index contributed by atoms with van der Waals surface area (Å²) in [5.41, 5.74) is -0.750. The zero-order chi connectivity index (χ0) is 21.8. The molecule has 1 aromatic carbocycles. The Bertz CT molecular complexity index is 654. The number of ether oxygens (including phenoxy) is 2. The highest BCUT2D eigenvalue weighted by Crippen LogP contribution is 2.28. The lowest BCUT2D eigenvalue weighted by Crippen LogP contribution is -2.38. The lowest BCUT2D eigenvalue weighted by atomic mass is 9.87. The van der Waals surface area contributed by atoms with Crippen LogP contribution in [-0.2, 0) is 9.53 Å². The minimum Gasteiger partial charge on any atom is -0.406 e. The molecule has 0 radical (unpaired) electrons. The number of aliphatic hydroxyl groups is 1. The van der Waals surface area contributed by atoms with Crippen LogP contribution < -0.4 is 10.1 Å². The molecule has 0 saturated heterocycles. The summed E-state index contributed by atoms with van der Waals surface area (Å²) in [4.78, 5) is 12.1. The standard InChI is InChI=1S/C17H21F6NO4/c1-15(2,3)13(25)8-14(26)24-12(9-27-16(18,19)20)10-5-4-6-11(7-10)28-17(21,22)23/h4-7,12-13,25H,8-9H2,1-3H3,(H,24,26)/t12-,13?/m0/s1. The summed E-state index contributed by atoms with van der Waals surface area (Å²) in [6, 6.07) is 2.74. The Morgan fingerprint density at radius 3 is 2.21 bits per heavy atom. The van der Waals surface area contributed by atoms with Crippen molar-refractivity contribution in [1.29, 1.82) is 0 Å². The molecule has 1 rings (SSSR count). The number of amides is 1. The van der Waals surface area contributed by atoms with Crippen molar-refractivity contribution in [1.82, 2.24) is 5.32 Å². The van der Waals surface area contributed by atoms with Gasteiger partial charge in [-0.05, 0) is 23.1 Å². The fourth-order valence-corrected chi connectivity index (χ4v) is 2.06. The van der Waals surface area contributed by atoms with Crippen molar-refractivity contribution in [3.05, 3.63) is 29.8 Å². The van der Waals surface area contributed by atoms with Gasteiger partial charge in [0.2, 0.25) is 5.91 Å². The number of hydrogen-bond acceptors (Lipinski definition) is 4. The Morgan fingerprint density at radius 2 is 1.71 bits per heavy atom. The van der Waals surface area contributed by atoms with Gasteiger partial charge < -0.3 is 15.2 Å². The van der Waals surface area contributed by atoms with E-state index in [1.165, 1.54) is 6.07 Å². The topological polar surface area (TPSA) is 67.8 Å². The van der Waals surface area contributed by atoms with Crippen molar-refractivity contribution in [2.45, 2.75) is 52.1 Å². The molecule has 0 heterocycles. The molecular weight excluding hydrogens is 396 g/mol. The Labute approximate surface area is 157 Å². The molecule has 0 spiro atoms. The molecule has 1 amide bonds. The first-order valence-corrected chi connectivity index (χ1v) is 8.10. The number of alkyl halides is 6. The number of halogens is 6. The zero-order valence-electron chi connectivity index (χ0n) is 15.3. The largest absolute Gasteiger partial charge is 0.573 e. The van der Waals surface area contributed by atoms with Crippen LogP contribution >= 0.6 is 0 Å². The van der Waals surface area contributed by atoms with E-state index < -0.39 is 55.0 Å². The van der Waals surface area contributed by atoms with Gasteiger partial charge in [-0.1, -0.05) is 32.9 Å². The average molecular weight is 417 g/mol. The molecular formula is C17H21F6NO4. The van der Waals surface area contributed by atoms with Crippen molar-refractivity contribution in [3.8, 4) is 5.75 Å². The minimum atomic E-state index is -5.01. The van der Waals surface area contributed by atoms with Crippen LogP contribution in [0.15, 0.2) is 24.3 Å². The minimum absolute atomic E-state index is 0.0930. The molecule has 0 bridgehead atoms. The highest BCUT2D eigenvalue weighted by molar-refractivity contribution is 5.77. The van der Waals surface area contributed by atoms with Crippen molar-refractivity contribution in [3.63, 3.8) is 0 Å². The van der Waals surface area contributed by atoms with E-state index in [1.54, 1.807) is 20.8 Å². The first kappa shape index (κ1) is 24.0. The van der Waals surface area contributed by atoms with Crippen LogP contribution in [-0.4, -0.2) is 36.4 Å². The highest BCUT2D eigenvalue weighted by atomic mass is 19.4. The maximum Gasteiger partial charge on any atom is 0.573 e. The van der Waals surface area contributed by atoms with E-state index >= 15 is 0 Å². The third-order valence-electron chi connectivity index (χ3n) is 3.62. The molecule has 1 aromatic rings. The predicted octanol–water partition coefficient (Wildman–Crippen LogP) is 4.08. The Kier molecular flexibility index (Phi) is 7.72. The Hall–Kier alpha value is -2.01. The van der Waals surface area contributed by atoms with Gasteiger partial charge in [-0.2, -0.15) is 0 Å². The SMILES string of the molecule is CC(C)(C)C(O)CC(=O)N[C@@H](COC(F)(F)F)c1cccc(OC(F)(F)F)c1. The molecule has 160 valence electrons. The smallest absolute Gasteiger partial charge is 0.406 e. The van der Waals surface area contributed by atoms with Crippen LogP contribution in [0.4, 0.5) is 26.3 Å². The summed E-state index contributed by atoms with van der Waals surface area (Å²) in [5.74, 6) is -1.45. The number of rotatable bonds is 7. The van der Waals surface area contributed by atoms with Crippen LogP contribution in [0.25, 0.3) is 0 Å². The van der Waals surface area contributed by atoms with Crippen LogP contribution in [0, 0.1) is 5.41 Å². The van der Waals surface area contributed by atoms with Gasteiger partial charge in [-0.25, -0.2) is 0 Å². The molecule has 0 aliphatic rings. The second-order valence-corrected chi connectivity index (χ2v) is 7.08. The van der Waals surface area contributed by atoms with Gasteiger partial charge in [0.15, 0.2) is 0 Å². The molecule has 0 fully saturated rings. The third kappa shape index (κ3) is 9.27. The summed E-state index contributed by atoms with van der Waals surface area (Å²) in [6.45, 7) is 3.91. The van der Waals surface area contributed by atoms with Crippen molar-refractivity contribution < 1.29 is 45.7 Å². The molecule has 28 heavy (non-hydrogen) atoms. The normalized spacial score (nSPS) is 15.1. The number of nitrogens with one attached hydrogen (secondary N) is 1. The quantitative estimate of drug-likeness (QED) is 0.657. The van der Waals surface area contributed by atoms with E-state index in [1.807, 2.05) is 0 Å². The lowest BCUT2D eigenvalue weighted by molar-refractivity contribution is -0.326. The summed E-state index contributed by atoms with van der Waals surface area (Å²) >= 11 is 0. The summed E-state index contributed by atoms with van der Waals surface area (Å²) < 4.78 is 81.7. The van der Waals surface area contributed by atoms with Gasteiger partial charge in [-0.15, -0.1) is 26.3 Å². The van der Waals surface area contributed by atoms with Crippen LogP contribution in [0.2, 0.25) is 0 Å². The molecule has 0 aromatic heterocycles. The van der Waals surface area contributed by atoms with E-state index in [0.717, 1.165) is 18.2 Å². The Balaban J connectivity index is 2.99. The molecule has 2 N–H and O–H groups in total. The fourth-order valence-electron chi connectivity index (χ4n) is 2.06. The number of benzene rings is 1. The monoisotopic (exact) mass is 417 g/mol. The molecule has 1 unspecified atom stereocenters. The van der Waals surface area contributed by atoms with Crippen LogP contribution in [0.5, 0.6) is 5.75 Å². The number of aliphatic hydroxyl groups excluding tert-OH is 1. The van der Waals surface area contributed by atoms with E-state index in [2.05, 4.69) is 14.8 Å². The molecule has 0 aliphatic carbocycles. The molecule has 0 saturated carbocycles. The van der Waals surface area contributed by atoms with Crippen molar-refractivity contribution >= 4 is 5.91 Å². The summed E-state index contributed by atoms with van der Waals surface area (Å²) in [6.07, 6.45) is -11.5. The average Bonchev–Trinajstić information content (AvgIpc) is 2.48. The van der Waals surface area contributed by atoms with E-state index in [4.69, 9.17) is 0 Å². The third-order valence-corrected chi connectivity index (χ3v) is 3.62. The first-order chi connectivity index (χ1) is 12.6. The molecule has 0 aliphatic heterocycles. The number of hydrogen-bond donors (Lipinski definition) is 2. The number of carbonyl (C=O) groups is 1. The van der Waals surface area contributed by atoms with Gasteiger partial charge >= 0.3 is 12.7 Å². The van der Waals surface area contributed by atoms with Crippen molar-refractivity contribution in [2.75, 3.05) is 6.61 Å². The Morgan fingerprint density at radius 1 is 1.11 bits per heavy atom. The molecule has 11 heteroatoms. The maximum atomic E-state index is 12.4. The second-order valence-electron chi connectivity index (χ2n) is 7.08. The first-order valence-electron chi connectivity index (χ1n) is 8.10. The summed E-state index contributed by atoms with van der Waals surface area (Å²) in [5, 5.41) is 12.2. The van der Waals surface area contributed by atoms with Crippen molar-refractivity contribution in [2.24, 2.45) is 5.41 Å². The van der Waals surface area contributed by atoms with Gasteiger partial charge in [0.1, 0.15) is 5.75 Å². The van der Waals surface area contributed by atoms with Crippen LogP contribution in [0.1, 0.15) is 38.8 Å². The predicted molar refractivity (Wildman–Crippen MR) is 86.1 cm³/mol. The number of carbonyl (C=O) groups excluding carboxylic acids is 1. The molecule has 5 nitrogen and oxygen atoms in total. The lowest BCUT2D eigenvalue weighted by Gasteiger charge is -2.27. The van der Waals surface area contributed by atoms with Gasteiger partial charge in [0.25, 0.3) is 0 Å². The zero-order valence-corrected chi connectivity index (χ0v) is 15.3.